The molecule has 0 saturated carbocycles. The summed E-state index contributed by atoms with van der Waals surface area (Å²) in [5.74, 6) is 0.718. The van der Waals surface area contributed by atoms with Gasteiger partial charge in [-0.05, 0) is 36.2 Å². The smallest absolute Gasteiger partial charge is 0.223 e. The first-order valence-corrected chi connectivity index (χ1v) is 7.29. The summed E-state index contributed by atoms with van der Waals surface area (Å²) >= 11 is 0. The average Bonchev–Trinajstić information content (AvgIpc) is 3.08. The van der Waals surface area contributed by atoms with E-state index >= 15 is 0 Å². The maximum atomic E-state index is 11.6. The third kappa shape index (κ3) is 1.79. The zero-order valence-corrected chi connectivity index (χ0v) is 12.3. The van der Waals surface area contributed by atoms with E-state index in [4.69, 9.17) is 5.73 Å². The number of pyridine rings is 1. The van der Waals surface area contributed by atoms with Crippen LogP contribution in [0.4, 0.5) is 11.5 Å². The molecule has 1 aliphatic heterocycles. The summed E-state index contributed by atoms with van der Waals surface area (Å²) in [6.07, 6.45) is 2.78. The Labute approximate surface area is 128 Å². The van der Waals surface area contributed by atoms with Gasteiger partial charge in [0.25, 0.3) is 0 Å². The molecule has 1 amide bonds. The lowest BCUT2D eigenvalue weighted by Gasteiger charge is -2.14. The fourth-order valence-corrected chi connectivity index (χ4v) is 3.10. The number of nitrogens with zero attached hydrogens (tertiary/aromatic N) is 3. The molecule has 1 aliphatic rings. The summed E-state index contributed by atoms with van der Waals surface area (Å²) in [6.45, 7) is 2.35. The van der Waals surface area contributed by atoms with Crippen LogP contribution in [0.5, 0.6) is 0 Å². The Balaban J connectivity index is 1.83. The maximum absolute atomic E-state index is 11.6. The van der Waals surface area contributed by atoms with Crippen LogP contribution in [-0.4, -0.2) is 21.8 Å². The number of imidazole rings is 1. The van der Waals surface area contributed by atoms with Gasteiger partial charge in [-0.2, -0.15) is 0 Å². The van der Waals surface area contributed by atoms with Gasteiger partial charge < -0.3 is 10.6 Å². The van der Waals surface area contributed by atoms with Crippen LogP contribution in [0.25, 0.3) is 16.9 Å². The van der Waals surface area contributed by atoms with Gasteiger partial charge in [-0.15, -0.1) is 0 Å². The minimum atomic E-state index is 0.0822. The molecule has 0 fully saturated rings. The van der Waals surface area contributed by atoms with Crippen molar-refractivity contribution in [1.82, 2.24) is 9.38 Å². The van der Waals surface area contributed by atoms with Crippen LogP contribution >= 0.6 is 0 Å². The predicted molar refractivity (Wildman–Crippen MR) is 86.8 cm³/mol. The Kier molecular flexibility index (Phi) is 2.69. The Morgan fingerprint density at radius 2 is 2.14 bits per heavy atom. The van der Waals surface area contributed by atoms with Gasteiger partial charge in [-0.25, -0.2) is 4.98 Å². The molecule has 0 atom stereocenters. The molecular formula is C17H16N4O. The number of hydrogen-bond acceptors (Lipinski definition) is 3. The van der Waals surface area contributed by atoms with E-state index in [9.17, 15) is 4.79 Å². The van der Waals surface area contributed by atoms with Gasteiger partial charge in [0.05, 0.1) is 0 Å². The number of fused-ring (bicyclic) bond motifs is 2. The van der Waals surface area contributed by atoms with Crippen molar-refractivity contribution in [2.24, 2.45) is 0 Å². The fourth-order valence-electron chi connectivity index (χ4n) is 3.10. The van der Waals surface area contributed by atoms with E-state index in [-0.39, 0.29) is 5.91 Å². The molecule has 0 unspecified atom stereocenters. The van der Waals surface area contributed by atoms with Crippen LogP contribution in [0.15, 0.2) is 42.6 Å². The molecule has 2 N–H and O–H groups in total. The second-order valence-electron chi connectivity index (χ2n) is 5.54. The van der Waals surface area contributed by atoms with Crippen LogP contribution in [0.3, 0.4) is 0 Å². The topological polar surface area (TPSA) is 63.6 Å². The Morgan fingerprint density at radius 1 is 1.27 bits per heavy atom. The van der Waals surface area contributed by atoms with E-state index in [1.165, 1.54) is 5.56 Å². The highest BCUT2D eigenvalue weighted by molar-refractivity contribution is 5.94. The largest absolute Gasteiger partial charge is 0.383 e. The summed E-state index contributed by atoms with van der Waals surface area (Å²) in [4.78, 5) is 18.1. The SMILES string of the molecule is CC(=O)N1CCc2cc(-c3nc4ccccn4c3N)ccc21. The molecular weight excluding hydrogens is 276 g/mol. The van der Waals surface area contributed by atoms with Crippen molar-refractivity contribution < 1.29 is 4.79 Å². The molecule has 0 radical (unpaired) electrons. The highest BCUT2D eigenvalue weighted by Crippen LogP contribution is 2.34. The molecule has 5 heteroatoms. The lowest BCUT2D eigenvalue weighted by molar-refractivity contribution is -0.116. The molecule has 4 rings (SSSR count). The second-order valence-corrected chi connectivity index (χ2v) is 5.54. The van der Waals surface area contributed by atoms with Crippen molar-refractivity contribution in [3.05, 3.63) is 48.2 Å². The van der Waals surface area contributed by atoms with Gasteiger partial charge in [0.2, 0.25) is 5.91 Å². The third-order valence-corrected chi connectivity index (χ3v) is 4.20. The molecule has 2 aromatic heterocycles. The number of amides is 1. The van der Waals surface area contributed by atoms with Crippen LogP contribution in [-0.2, 0) is 11.2 Å². The quantitative estimate of drug-likeness (QED) is 0.749. The van der Waals surface area contributed by atoms with Crippen LogP contribution in [0.2, 0.25) is 0 Å². The monoisotopic (exact) mass is 292 g/mol. The van der Waals surface area contributed by atoms with E-state index in [1.807, 2.05) is 45.8 Å². The van der Waals surface area contributed by atoms with E-state index < -0.39 is 0 Å². The first-order valence-electron chi connectivity index (χ1n) is 7.29. The van der Waals surface area contributed by atoms with Gasteiger partial charge in [-0.3, -0.25) is 9.20 Å². The molecule has 3 aromatic rings. The van der Waals surface area contributed by atoms with Crippen molar-refractivity contribution in [2.45, 2.75) is 13.3 Å². The number of nitrogens with two attached hydrogens (primary N) is 1. The van der Waals surface area contributed by atoms with Crippen molar-refractivity contribution >= 4 is 23.1 Å². The molecule has 5 nitrogen and oxygen atoms in total. The predicted octanol–water partition coefficient (Wildman–Crippen LogP) is 2.49. The molecule has 110 valence electrons. The highest BCUT2D eigenvalue weighted by atomic mass is 16.2. The van der Waals surface area contributed by atoms with Crippen molar-refractivity contribution in [3.8, 4) is 11.3 Å². The summed E-state index contributed by atoms with van der Waals surface area (Å²) in [7, 11) is 0. The second kappa shape index (κ2) is 4.59. The number of carbonyl (C=O) groups excluding carboxylic acids is 1. The zero-order valence-electron chi connectivity index (χ0n) is 12.3. The molecule has 0 saturated heterocycles. The first kappa shape index (κ1) is 12.9. The number of benzene rings is 1. The van der Waals surface area contributed by atoms with Gasteiger partial charge in [0.15, 0.2) is 0 Å². The Hall–Kier alpha value is -2.82. The summed E-state index contributed by atoms with van der Waals surface area (Å²) in [6, 6.07) is 11.9. The van der Waals surface area contributed by atoms with Crippen molar-refractivity contribution in [1.29, 1.82) is 0 Å². The number of nitrogen functional groups attached to an aromatic ring is 1. The molecule has 0 aliphatic carbocycles. The number of rotatable bonds is 1. The Morgan fingerprint density at radius 3 is 2.91 bits per heavy atom. The van der Waals surface area contributed by atoms with Gasteiger partial charge in [0, 0.05) is 30.9 Å². The van der Waals surface area contributed by atoms with Gasteiger partial charge in [-0.1, -0.05) is 12.1 Å². The number of hydrogen-bond donors (Lipinski definition) is 1. The van der Waals surface area contributed by atoms with Crippen LogP contribution in [0, 0.1) is 0 Å². The standard InChI is InChI=1S/C17H16N4O/c1-11(22)20-9-7-12-10-13(5-6-14(12)20)16-17(18)21-8-3-2-4-15(21)19-16/h2-6,8,10H,7,9,18H2,1H3. The zero-order chi connectivity index (χ0) is 15.3. The Bertz CT molecular complexity index is 897. The van der Waals surface area contributed by atoms with Gasteiger partial charge >= 0.3 is 0 Å². The van der Waals surface area contributed by atoms with Crippen LogP contribution in [0.1, 0.15) is 12.5 Å². The minimum absolute atomic E-state index is 0.0822. The maximum Gasteiger partial charge on any atom is 0.223 e. The van der Waals surface area contributed by atoms with E-state index in [0.29, 0.717) is 5.82 Å². The lowest BCUT2D eigenvalue weighted by Crippen LogP contribution is -2.25. The van der Waals surface area contributed by atoms with Crippen molar-refractivity contribution in [2.75, 3.05) is 17.2 Å². The first-order chi connectivity index (χ1) is 10.6. The van der Waals surface area contributed by atoms with Crippen LogP contribution < -0.4 is 10.6 Å². The highest BCUT2D eigenvalue weighted by Gasteiger charge is 2.23. The third-order valence-electron chi connectivity index (χ3n) is 4.20. The lowest BCUT2D eigenvalue weighted by atomic mass is 10.1. The number of carbonyl (C=O) groups is 1. The fraction of sp³-hybridized carbons (Fsp3) is 0.176. The van der Waals surface area contributed by atoms with E-state index in [2.05, 4.69) is 11.1 Å². The normalized spacial score (nSPS) is 13.6. The number of anilines is 2. The minimum Gasteiger partial charge on any atom is -0.383 e. The van der Waals surface area contributed by atoms with Crippen molar-refractivity contribution in [3.63, 3.8) is 0 Å². The van der Waals surface area contributed by atoms with E-state index in [1.54, 1.807) is 6.92 Å². The summed E-state index contributed by atoms with van der Waals surface area (Å²) < 4.78 is 1.88. The number of aromatic nitrogens is 2. The molecule has 3 heterocycles. The van der Waals surface area contributed by atoms with Gasteiger partial charge in [0.1, 0.15) is 17.2 Å². The average molecular weight is 292 g/mol. The molecule has 0 spiro atoms. The summed E-state index contributed by atoms with van der Waals surface area (Å²) in [5, 5.41) is 0. The molecule has 0 bridgehead atoms. The summed E-state index contributed by atoms with van der Waals surface area (Å²) in [5.41, 5.74) is 11.0. The molecule has 1 aromatic carbocycles. The molecule has 22 heavy (non-hydrogen) atoms. The van der Waals surface area contributed by atoms with E-state index in [0.717, 1.165) is 35.6 Å².